The molecule has 1 unspecified atom stereocenters. The van der Waals surface area contributed by atoms with Crippen molar-refractivity contribution in [2.45, 2.75) is 38.5 Å². The van der Waals surface area contributed by atoms with Crippen LogP contribution in [0, 0.1) is 5.92 Å². The molecule has 0 radical (unpaired) electrons. The predicted molar refractivity (Wildman–Crippen MR) is 76.2 cm³/mol. The van der Waals surface area contributed by atoms with Gasteiger partial charge in [-0.05, 0) is 25.7 Å². The van der Waals surface area contributed by atoms with E-state index in [-0.39, 0.29) is 18.3 Å². The molecule has 0 aliphatic carbocycles. The van der Waals surface area contributed by atoms with Gasteiger partial charge in [-0.3, -0.25) is 9.59 Å². The first-order valence-corrected chi connectivity index (χ1v) is 8.75. The Morgan fingerprint density at radius 3 is 2.62 bits per heavy atom. The molecule has 0 aromatic rings. The normalized spacial score (nSPS) is 20.1. The van der Waals surface area contributed by atoms with Gasteiger partial charge in [0.1, 0.15) is 0 Å². The summed E-state index contributed by atoms with van der Waals surface area (Å²) < 4.78 is 30.1. The lowest BCUT2D eigenvalue weighted by Crippen LogP contribution is -2.43. The van der Waals surface area contributed by atoms with Crippen LogP contribution in [0.15, 0.2) is 0 Å². The highest BCUT2D eigenvalue weighted by Gasteiger charge is 2.31. The summed E-state index contributed by atoms with van der Waals surface area (Å²) in [6.07, 6.45) is 3.10. The molecule has 122 valence electrons. The maximum Gasteiger partial charge on any atom is 0.307 e. The van der Waals surface area contributed by atoms with Gasteiger partial charge in [0, 0.05) is 19.5 Å². The van der Waals surface area contributed by atoms with Gasteiger partial charge in [0.15, 0.2) is 0 Å². The number of carboxylic acids is 1. The SMILES string of the molecule is COC(=O)CCCCCS(=O)(=O)N1CCCC(C(=O)O)C1. The molecule has 1 rings (SSSR count). The summed E-state index contributed by atoms with van der Waals surface area (Å²) in [6.45, 7) is 0.466. The fourth-order valence-corrected chi connectivity index (χ4v) is 4.00. The number of aliphatic carboxylic acids is 1. The lowest BCUT2D eigenvalue weighted by Gasteiger charge is -2.29. The number of methoxy groups -OCH3 is 1. The number of carbonyl (C=O) groups excluding carboxylic acids is 1. The van der Waals surface area contributed by atoms with Gasteiger partial charge >= 0.3 is 11.9 Å². The van der Waals surface area contributed by atoms with Crippen LogP contribution in [0.2, 0.25) is 0 Å². The van der Waals surface area contributed by atoms with Crippen LogP contribution < -0.4 is 0 Å². The Balaban J connectivity index is 2.35. The third kappa shape index (κ3) is 6.01. The van der Waals surface area contributed by atoms with Crippen LogP contribution >= 0.6 is 0 Å². The van der Waals surface area contributed by atoms with E-state index in [1.165, 1.54) is 11.4 Å². The molecular weight excluding hydrogens is 298 g/mol. The van der Waals surface area contributed by atoms with Crippen LogP contribution in [0.1, 0.15) is 38.5 Å². The maximum absolute atomic E-state index is 12.1. The summed E-state index contributed by atoms with van der Waals surface area (Å²) in [4.78, 5) is 21.9. The molecule has 1 aliphatic rings. The summed E-state index contributed by atoms with van der Waals surface area (Å²) in [6, 6.07) is 0. The Morgan fingerprint density at radius 2 is 2.00 bits per heavy atom. The highest BCUT2D eigenvalue weighted by atomic mass is 32.2. The zero-order chi connectivity index (χ0) is 15.9. The van der Waals surface area contributed by atoms with Crippen molar-refractivity contribution in [3.8, 4) is 0 Å². The molecule has 1 heterocycles. The lowest BCUT2D eigenvalue weighted by molar-refractivity contribution is -0.143. The molecule has 0 aromatic heterocycles. The highest BCUT2D eigenvalue weighted by Crippen LogP contribution is 2.20. The summed E-state index contributed by atoms with van der Waals surface area (Å²) in [7, 11) is -2.08. The number of carbonyl (C=O) groups is 2. The van der Waals surface area contributed by atoms with Crippen molar-refractivity contribution < 1.29 is 27.9 Å². The first-order chi connectivity index (χ1) is 9.86. The van der Waals surface area contributed by atoms with Gasteiger partial charge in [-0.15, -0.1) is 0 Å². The molecule has 0 saturated carbocycles. The van der Waals surface area contributed by atoms with E-state index in [1.807, 2.05) is 0 Å². The van der Waals surface area contributed by atoms with E-state index in [0.717, 1.165) is 0 Å². The standard InChI is InChI=1S/C13H23NO6S/c1-20-12(15)7-3-2-4-9-21(18,19)14-8-5-6-11(10-14)13(16)17/h11H,2-10H2,1H3,(H,16,17). The number of carboxylic acid groups (broad SMARTS) is 1. The largest absolute Gasteiger partial charge is 0.481 e. The predicted octanol–water partition coefficient (Wildman–Crippen LogP) is 0.846. The van der Waals surface area contributed by atoms with Crippen molar-refractivity contribution in [1.29, 1.82) is 0 Å². The summed E-state index contributed by atoms with van der Waals surface area (Å²) >= 11 is 0. The van der Waals surface area contributed by atoms with E-state index < -0.39 is 21.9 Å². The zero-order valence-corrected chi connectivity index (χ0v) is 13.1. The van der Waals surface area contributed by atoms with Gasteiger partial charge in [-0.2, -0.15) is 0 Å². The minimum atomic E-state index is -3.40. The Morgan fingerprint density at radius 1 is 1.29 bits per heavy atom. The Bertz CT molecular complexity index is 461. The van der Waals surface area contributed by atoms with Crippen molar-refractivity contribution in [2.24, 2.45) is 5.92 Å². The fourth-order valence-electron chi connectivity index (χ4n) is 2.36. The van der Waals surface area contributed by atoms with Crippen molar-refractivity contribution in [2.75, 3.05) is 26.0 Å². The molecule has 1 aliphatic heterocycles. The van der Waals surface area contributed by atoms with Crippen LogP contribution in [0.5, 0.6) is 0 Å². The number of hydrogen-bond donors (Lipinski definition) is 1. The first-order valence-electron chi connectivity index (χ1n) is 7.14. The molecule has 1 N–H and O–H groups in total. The van der Waals surface area contributed by atoms with Crippen LogP contribution in [0.4, 0.5) is 0 Å². The van der Waals surface area contributed by atoms with Crippen LogP contribution in [-0.4, -0.2) is 55.7 Å². The number of esters is 1. The van der Waals surface area contributed by atoms with Gasteiger partial charge in [0.05, 0.1) is 18.8 Å². The van der Waals surface area contributed by atoms with E-state index >= 15 is 0 Å². The molecule has 0 bridgehead atoms. The minimum absolute atomic E-state index is 0.000508. The van der Waals surface area contributed by atoms with Gasteiger partial charge in [-0.25, -0.2) is 12.7 Å². The number of hydrogen-bond acceptors (Lipinski definition) is 5. The molecule has 7 nitrogen and oxygen atoms in total. The third-order valence-electron chi connectivity index (χ3n) is 3.64. The monoisotopic (exact) mass is 321 g/mol. The smallest absolute Gasteiger partial charge is 0.307 e. The first kappa shape index (κ1) is 17.9. The number of sulfonamides is 1. The van der Waals surface area contributed by atoms with Crippen molar-refractivity contribution in [3.05, 3.63) is 0 Å². The number of rotatable bonds is 8. The average molecular weight is 321 g/mol. The molecule has 1 fully saturated rings. The molecule has 1 atom stereocenters. The second kappa shape index (κ2) is 8.33. The van der Waals surface area contributed by atoms with Crippen LogP contribution in [0.25, 0.3) is 0 Å². The second-order valence-corrected chi connectivity index (χ2v) is 7.33. The number of nitrogens with zero attached hydrogens (tertiary/aromatic N) is 1. The van der Waals surface area contributed by atoms with Crippen LogP contribution in [0.3, 0.4) is 0 Å². The topological polar surface area (TPSA) is 101 Å². The van der Waals surface area contributed by atoms with E-state index in [2.05, 4.69) is 4.74 Å². The molecule has 8 heteroatoms. The summed E-state index contributed by atoms with van der Waals surface area (Å²) in [5, 5.41) is 8.98. The summed E-state index contributed by atoms with van der Waals surface area (Å²) in [5.41, 5.74) is 0. The maximum atomic E-state index is 12.1. The molecule has 1 saturated heterocycles. The van der Waals surface area contributed by atoms with E-state index in [1.54, 1.807) is 0 Å². The fraction of sp³-hybridized carbons (Fsp3) is 0.846. The number of piperidine rings is 1. The molecule has 0 amide bonds. The third-order valence-corrected chi connectivity index (χ3v) is 5.56. The highest BCUT2D eigenvalue weighted by molar-refractivity contribution is 7.89. The number of unbranched alkanes of at least 4 members (excludes halogenated alkanes) is 2. The zero-order valence-electron chi connectivity index (χ0n) is 12.3. The Labute approximate surface area is 125 Å². The molecule has 21 heavy (non-hydrogen) atoms. The lowest BCUT2D eigenvalue weighted by atomic mass is 10.0. The van der Waals surface area contributed by atoms with Gasteiger partial charge in [0.25, 0.3) is 0 Å². The minimum Gasteiger partial charge on any atom is -0.481 e. The van der Waals surface area contributed by atoms with Gasteiger partial charge in [0.2, 0.25) is 10.0 Å². The van der Waals surface area contributed by atoms with Gasteiger partial charge in [-0.1, -0.05) is 6.42 Å². The van der Waals surface area contributed by atoms with Crippen LogP contribution in [-0.2, 0) is 24.3 Å². The van der Waals surface area contributed by atoms with Crippen molar-refractivity contribution in [1.82, 2.24) is 4.31 Å². The van der Waals surface area contributed by atoms with Gasteiger partial charge < -0.3 is 9.84 Å². The average Bonchev–Trinajstić information content (AvgIpc) is 2.46. The number of ether oxygens (including phenoxy) is 1. The van der Waals surface area contributed by atoms with E-state index in [0.29, 0.717) is 45.1 Å². The quantitative estimate of drug-likeness (QED) is 0.525. The van der Waals surface area contributed by atoms with E-state index in [9.17, 15) is 18.0 Å². The van der Waals surface area contributed by atoms with E-state index in [4.69, 9.17) is 5.11 Å². The molecular formula is C13H23NO6S. The Kier molecular flexibility index (Phi) is 7.10. The van der Waals surface area contributed by atoms with Crippen molar-refractivity contribution in [3.63, 3.8) is 0 Å². The Hall–Kier alpha value is -1.15. The van der Waals surface area contributed by atoms with Crippen molar-refractivity contribution >= 4 is 22.0 Å². The second-order valence-electron chi connectivity index (χ2n) is 5.24. The molecule has 0 aromatic carbocycles. The molecule has 0 spiro atoms. The summed E-state index contributed by atoms with van der Waals surface area (Å²) in [5.74, 6) is -1.83.